The third kappa shape index (κ3) is 4.41. The molecule has 8 aromatic rings. The van der Waals surface area contributed by atoms with E-state index in [0.717, 1.165) is 55.7 Å². The van der Waals surface area contributed by atoms with Gasteiger partial charge in [-0.1, -0.05) is 140 Å². The minimum atomic E-state index is 0.594. The van der Waals surface area contributed by atoms with Crippen molar-refractivity contribution in [2.45, 2.75) is 0 Å². The molecule has 0 aliphatic heterocycles. The summed E-state index contributed by atoms with van der Waals surface area (Å²) in [6.07, 6.45) is 0. The Labute approximate surface area is 264 Å². The lowest BCUT2D eigenvalue weighted by Crippen LogP contribution is -2.00. The van der Waals surface area contributed by atoms with Crippen molar-refractivity contribution in [1.29, 1.82) is 0 Å². The molecule has 1 aliphatic rings. The van der Waals surface area contributed by atoms with Crippen LogP contribution < -0.4 is 0 Å². The van der Waals surface area contributed by atoms with Crippen LogP contribution in [0.4, 0.5) is 0 Å². The molecule has 0 bridgehead atoms. The topological polar surface area (TPSA) is 90.2 Å². The van der Waals surface area contributed by atoms with Crippen molar-refractivity contribution in [2.24, 2.45) is 0 Å². The minimum Gasteiger partial charge on any atom is -0.227 e. The number of hydrogen-bond acceptors (Lipinski definition) is 7. The fourth-order valence-corrected chi connectivity index (χ4v) is 5.87. The lowest BCUT2D eigenvalue weighted by atomic mass is 10.1. The van der Waals surface area contributed by atoms with Crippen LogP contribution in [0.25, 0.3) is 90.5 Å². The van der Waals surface area contributed by atoms with Crippen molar-refractivity contribution in [3.05, 3.63) is 140 Å². The lowest BCUT2D eigenvalue weighted by Gasteiger charge is -2.09. The maximum atomic E-state index is 5.06. The Kier molecular flexibility index (Phi) is 5.99. The second kappa shape index (κ2) is 10.6. The highest BCUT2D eigenvalue weighted by Gasteiger charge is 2.27. The summed E-state index contributed by atoms with van der Waals surface area (Å²) in [4.78, 5) is 34.5. The van der Waals surface area contributed by atoms with Crippen LogP contribution in [0.3, 0.4) is 0 Å². The molecule has 46 heavy (non-hydrogen) atoms. The van der Waals surface area contributed by atoms with E-state index in [4.69, 9.17) is 34.9 Å². The Hall–Kier alpha value is -6.47. The summed E-state index contributed by atoms with van der Waals surface area (Å²) in [5.74, 6) is 3.08. The molecule has 9 rings (SSSR count). The van der Waals surface area contributed by atoms with Crippen LogP contribution in [0.2, 0.25) is 0 Å². The maximum Gasteiger partial charge on any atom is 0.168 e. The molecule has 5 aromatic carbocycles. The number of hydrogen-bond donors (Lipinski definition) is 0. The fourth-order valence-electron chi connectivity index (χ4n) is 5.87. The second-order valence-electron chi connectivity index (χ2n) is 11.0. The third-order valence-electron chi connectivity index (χ3n) is 8.13. The molecule has 3 aromatic heterocycles. The molecule has 0 saturated heterocycles. The summed E-state index contributed by atoms with van der Waals surface area (Å²) in [7, 11) is 0. The summed E-state index contributed by atoms with van der Waals surface area (Å²) < 4.78 is 0. The van der Waals surface area contributed by atoms with Gasteiger partial charge in [-0.05, 0) is 0 Å². The Morgan fingerprint density at radius 1 is 0.261 bits per heavy atom. The van der Waals surface area contributed by atoms with Crippen LogP contribution in [0.15, 0.2) is 140 Å². The van der Waals surface area contributed by atoms with Gasteiger partial charge in [0, 0.05) is 38.9 Å². The predicted octanol–water partition coefficient (Wildman–Crippen LogP) is 8.59. The zero-order valence-corrected chi connectivity index (χ0v) is 24.4. The number of nitrogens with zero attached hydrogens (tertiary/aromatic N) is 7. The van der Waals surface area contributed by atoms with E-state index in [-0.39, 0.29) is 0 Å². The summed E-state index contributed by atoms with van der Waals surface area (Å²) in [6, 6.07) is 46.2. The molecule has 0 atom stereocenters. The fraction of sp³-hybridized carbons (Fsp3) is 0. The molecule has 1 aliphatic carbocycles. The smallest absolute Gasteiger partial charge is 0.168 e. The van der Waals surface area contributed by atoms with Crippen LogP contribution >= 0.6 is 0 Å². The van der Waals surface area contributed by atoms with E-state index in [1.165, 1.54) is 0 Å². The molecule has 0 amide bonds. The van der Waals surface area contributed by atoms with Crippen molar-refractivity contribution < 1.29 is 0 Å². The van der Waals surface area contributed by atoms with Crippen molar-refractivity contribution in [3.63, 3.8) is 0 Å². The molecule has 7 heteroatoms. The van der Waals surface area contributed by atoms with Gasteiger partial charge >= 0.3 is 0 Å². The van der Waals surface area contributed by atoms with E-state index in [0.29, 0.717) is 34.8 Å². The van der Waals surface area contributed by atoms with Gasteiger partial charge in [0.05, 0.1) is 16.8 Å². The third-order valence-corrected chi connectivity index (χ3v) is 8.13. The van der Waals surface area contributed by atoms with Crippen molar-refractivity contribution in [3.8, 4) is 79.5 Å². The number of fused-ring (bicyclic) bond motifs is 3. The molecular weight excluding hydrogens is 566 g/mol. The highest BCUT2D eigenvalue weighted by atomic mass is 15.0. The summed E-state index contributed by atoms with van der Waals surface area (Å²) in [5, 5.41) is 0.883. The van der Waals surface area contributed by atoms with Crippen molar-refractivity contribution >= 4 is 11.0 Å². The maximum absolute atomic E-state index is 5.06. The normalized spacial score (nSPS) is 11.5. The van der Waals surface area contributed by atoms with Gasteiger partial charge in [0.15, 0.2) is 34.8 Å². The van der Waals surface area contributed by atoms with Gasteiger partial charge in [0.2, 0.25) is 0 Å². The van der Waals surface area contributed by atoms with Crippen molar-refractivity contribution in [2.75, 3.05) is 0 Å². The lowest BCUT2D eigenvalue weighted by molar-refractivity contribution is 1.07. The summed E-state index contributed by atoms with van der Waals surface area (Å²) in [5.41, 5.74) is 8.97. The Morgan fingerprint density at radius 2 is 0.565 bits per heavy atom. The van der Waals surface area contributed by atoms with Gasteiger partial charge in [0.25, 0.3) is 0 Å². The first kappa shape index (κ1) is 26.0. The van der Waals surface area contributed by atoms with E-state index in [2.05, 4.69) is 12.1 Å². The molecule has 7 nitrogen and oxygen atoms in total. The second-order valence-corrected chi connectivity index (χ2v) is 11.0. The molecule has 0 fully saturated rings. The first-order valence-corrected chi connectivity index (χ1v) is 15.0. The van der Waals surface area contributed by atoms with Crippen LogP contribution in [0.5, 0.6) is 0 Å². The van der Waals surface area contributed by atoms with Gasteiger partial charge in [-0.25, -0.2) is 34.9 Å². The average molecular weight is 590 g/mol. The van der Waals surface area contributed by atoms with Crippen LogP contribution in [0, 0.1) is 0 Å². The van der Waals surface area contributed by atoms with E-state index < -0.39 is 0 Å². The zero-order chi connectivity index (χ0) is 30.5. The SMILES string of the molecule is c1ccc(-c2nc(-c3ccccc3)nc(-c3ccc(-c4nc5c6c(nc(-c7ccccc7)nc6n4)-c4ccccc4-5)cc3)n2)cc1. The Balaban J connectivity index is 1.16. The molecule has 0 unspecified atom stereocenters. The molecule has 0 radical (unpaired) electrons. The van der Waals surface area contributed by atoms with Crippen LogP contribution in [0.1, 0.15) is 0 Å². The van der Waals surface area contributed by atoms with Crippen LogP contribution in [-0.2, 0) is 0 Å². The number of benzene rings is 5. The minimum absolute atomic E-state index is 0.594. The number of aromatic nitrogens is 7. The molecule has 3 heterocycles. The number of rotatable bonds is 5. The quantitative estimate of drug-likeness (QED) is 0.199. The van der Waals surface area contributed by atoms with Crippen molar-refractivity contribution in [1.82, 2.24) is 34.9 Å². The highest BCUT2D eigenvalue weighted by Crippen LogP contribution is 2.45. The Morgan fingerprint density at radius 3 is 0.935 bits per heavy atom. The van der Waals surface area contributed by atoms with E-state index >= 15 is 0 Å². The average Bonchev–Trinajstić information content (AvgIpc) is 3.46. The van der Waals surface area contributed by atoms with Gasteiger partial charge in [-0.15, -0.1) is 0 Å². The standard InChI is InChI=1S/C39H23N7/c1-4-12-24(13-5-1)34-40-32-29-18-10-11-19-30(29)33-31(32)39(45-34)46-35(41-33)27-20-22-28(23-21-27)38-43-36(25-14-6-2-7-15-25)42-37(44-38)26-16-8-3-9-17-26/h1-23H. The first-order valence-electron chi connectivity index (χ1n) is 15.0. The van der Waals surface area contributed by atoms with E-state index in [1.807, 2.05) is 127 Å². The largest absolute Gasteiger partial charge is 0.227 e. The summed E-state index contributed by atoms with van der Waals surface area (Å²) in [6.45, 7) is 0. The zero-order valence-electron chi connectivity index (χ0n) is 24.4. The van der Waals surface area contributed by atoms with Gasteiger partial charge in [-0.2, -0.15) is 0 Å². The van der Waals surface area contributed by atoms with E-state index in [1.54, 1.807) is 0 Å². The summed E-state index contributed by atoms with van der Waals surface area (Å²) >= 11 is 0. The molecule has 214 valence electrons. The van der Waals surface area contributed by atoms with Gasteiger partial charge < -0.3 is 0 Å². The molecule has 0 saturated carbocycles. The van der Waals surface area contributed by atoms with Gasteiger partial charge in [-0.3, -0.25) is 0 Å². The highest BCUT2D eigenvalue weighted by molar-refractivity contribution is 6.11. The molecule has 0 spiro atoms. The first-order chi connectivity index (χ1) is 22.8. The molecular formula is C39H23N7. The van der Waals surface area contributed by atoms with E-state index in [9.17, 15) is 0 Å². The monoisotopic (exact) mass is 589 g/mol. The van der Waals surface area contributed by atoms with Crippen LogP contribution in [-0.4, -0.2) is 34.9 Å². The predicted molar refractivity (Wildman–Crippen MR) is 180 cm³/mol. The Bertz CT molecular complexity index is 2340. The van der Waals surface area contributed by atoms with Gasteiger partial charge in [0.1, 0.15) is 0 Å². The molecule has 0 N–H and O–H groups in total.